The van der Waals surface area contributed by atoms with Crippen LogP contribution in [0.3, 0.4) is 0 Å². The van der Waals surface area contributed by atoms with E-state index in [0.29, 0.717) is 36.3 Å². The van der Waals surface area contributed by atoms with Gasteiger partial charge in [0.15, 0.2) is 0 Å². The smallest absolute Gasteiger partial charge is 0.282 e. The lowest BCUT2D eigenvalue weighted by atomic mass is 10.0. The van der Waals surface area contributed by atoms with Crippen LogP contribution in [0.1, 0.15) is 42.5 Å². The van der Waals surface area contributed by atoms with Crippen LogP contribution in [0.25, 0.3) is 22.3 Å². The Balaban J connectivity index is 0.000000152. The Morgan fingerprint density at radius 2 is 0.963 bits per heavy atom. The van der Waals surface area contributed by atoms with Crippen LogP contribution in [0.2, 0.25) is 0 Å². The van der Waals surface area contributed by atoms with Gasteiger partial charge in [-0.15, -0.1) is 0 Å². The second-order valence-corrected chi connectivity index (χ2v) is 18.7. The number of hydrogen-bond donors (Lipinski definition) is 1. The number of aliphatic hydroxyl groups excluding tert-OH is 1. The number of aliphatic hydroxyl groups is 1. The summed E-state index contributed by atoms with van der Waals surface area (Å²) in [5, 5.41) is 11.4. The van der Waals surface area contributed by atoms with Gasteiger partial charge in [0.1, 0.15) is 11.5 Å². The Hall–Kier alpha value is -4.70. The van der Waals surface area contributed by atoms with E-state index in [2.05, 4.69) is 13.8 Å². The SMILES string of the molecule is CC1CO1.CCC(O)Cc1ccc(CP2(=O)Oc3ccccc3-c3ccccc32)cc1.Cc1ccc(CP2(=O)Oc3ccccc3-c3ccccc32)cc1. The summed E-state index contributed by atoms with van der Waals surface area (Å²) in [6.07, 6.45) is 2.41. The molecule has 3 aliphatic rings. The normalized spacial score (nSPS) is 20.3. The maximum absolute atomic E-state index is 13.8. The summed E-state index contributed by atoms with van der Waals surface area (Å²) in [5.41, 5.74) is 8.30. The quantitative estimate of drug-likeness (QED) is 0.129. The van der Waals surface area contributed by atoms with Gasteiger partial charge in [-0.25, -0.2) is 0 Å². The van der Waals surface area contributed by atoms with Crippen molar-refractivity contribution in [3.63, 3.8) is 0 Å². The molecular weight excluding hydrogens is 710 g/mol. The number of hydrogen-bond acceptors (Lipinski definition) is 6. The average Bonchev–Trinajstić information content (AvgIpc) is 3.99. The summed E-state index contributed by atoms with van der Waals surface area (Å²) < 4.78 is 44.3. The molecule has 0 spiro atoms. The Kier molecular flexibility index (Phi) is 11.4. The monoisotopic (exact) mass is 756 g/mol. The number of ether oxygens (including phenoxy) is 1. The third-order valence-corrected chi connectivity index (χ3v) is 14.6. The summed E-state index contributed by atoms with van der Waals surface area (Å²) in [6, 6.07) is 47.4. The van der Waals surface area contributed by atoms with Crippen LogP contribution in [-0.2, 0) is 32.6 Å². The third kappa shape index (κ3) is 8.65. The van der Waals surface area contributed by atoms with Gasteiger partial charge in [-0.2, -0.15) is 0 Å². The number of epoxide rings is 1. The summed E-state index contributed by atoms with van der Waals surface area (Å²) >= 11 is 0. The minimum absolute atomic E-state index is 0.320. The van der Waals surface area contributed by atoms with Crippen LogP contribution in [0.5, 0.6) is 11.5 Å². The van der Waals surface area contributed by atoms with Gasteiger partial charge in [0, 0.05) is 11.1 Å². The van der Waals surface area contributed by atoms with Crippen LogP contribution in [0.15, 0.2) is 146 Å². The third-order valence-electron chi connectivity index (χ3n) is 9.76. The first-order chi connectivity index (χ1) is 26.1. The van der Waals surface area contributed by atoms with Gasteiger partial charge in [-0.1, -0.05) is 134 Å². The van der Waals surface area contributed by atoms with Gasteiger partial charge in [0.25, 0.3) is 14.7 Å². The fourth-order valence-electron chi connectivity index (χ4n) is 6.65. The molecule has 276 valence electrons. The predicted molar refractivity (Wildman–Crippen MR) is 220 cm³/mol. The van der Waals surface area contributed by atoms with Crippen LogP contribution < -0.4 is 19.7 Å². The number of aryl methyl sites for hydroxylation is 1. The van der Waals surface area contributed by atoms with Gasteiger partial charge in [0.2, 0.25) is 0 Å². The second-order valence-electron chi connectivity index (χ2n) is 14.1. The van der Waals surface area contributed by atoms with E-state index >= 15 is 0 Å². The molecule has 0 saturated carbocycles. The zero-order valence-corrected chi connectivity index (χ0v) is 32.7. The first-order valence-corrected chi connectivity index (χ1v) is 22.1. The van der Waals surface area contributed by atoms with Crippen molar-refractivity contribution in [1.82, 2.24) is 0 Å². The van der Waals surface area contributed by atoms with Crippen molar-refractivity contribution in [3.05, 3.63) is 168 Å². The van der Waals surface area contributed by atoms with Crippen molar-refractivity contribution in [3.8, 4) is 33.8 Å². The lowest BCUT2D eigenvalue weighted by Gasteiger charge is -2.28. The molecule has 0 bridgehead atoms. The standard InChI is InChI=1S/C23H23O3P.C20H17O2P.C3H6O/c1-2-19(24)15-17-11-13-18(14-12-17)16-27(25)23-10-6-4-8-21(23)20-7-3-5-9-22(20)26-27;1-15-10-12-16(13-11-15)14-23(21)20-9-5-3-7-18(20)17-6-2-4-8-19(17)22-23;1-3-2-4-3/h3-14,19,24H,2,15-16H2,1H3;2-13H,14H2,1H3;3H,2H2,1H3. The highest BCUT2D eigenvalue weighted by atomic mass is 31.2. The lowest BCUT2D eigenvalue weighted by molar-refractivity contribution is 0.171. The number of benzene rings is 6. The minimum Gasteiger partial charge on any atom is -0.439 e. The second kappa shape index (κ2) is 16.3. The summed E-state index contributed by atoms with van der Waals surface area (Å²) in [6.45, 7) is 7.06. The Morgan fingerprint density at radius 1 is 0.593 bits per heavy atom. The van der Waals surface area contributed by atoms with Crippen LogP contribution in [-0.4, -0.2) is 23.9 Å². The van der Waals surface area contributed by atoms with Gasteiger partial charge in [0.05, 0.1) is 41.7 Å². The van der Waals surface area contributed by atoms with Crippen LogP contribution in [0.4, 0.5) is 0 Å². The summed E-state index contributed by atoms with van der Waals surface area (Å²) in [5.74, 6) is 1.39. The Labute approximate surface area is 318 Å². The van der Waals surface area contributed by atoms with Gasteiger partial charge in [-0.05, 0) is 78.8 Å². The maximum Gasteiger partial charge on any atom is 0.282 e. The molecule has 1 fully saturated rings. The van der Waals surface area contributed by atoms with Gasteiger partial charge < -0.3 is 18.9 Å². The van der Waals surface area contributed by atoms with Crippen molar-refractivity contribution >= 4 is 25.3 Å². The van der Waals surface area contributed by atoms with Crippen LogP contribution >= 0.6 is 14.7 Å². The molecule has 1 N–H and O–H groups in total. The molecule has 0 aromatic heterocycles. The summed E-state index contributed by atoms with van der Waals surface area (Å²) in [7, 11) is -6.03. The predicted octanol–water partition coefficient (Wildman–Crippen LogP) is 10.7. The molecule has 1 saturated heterocycles. The van der Waals surface area contributed by atoms with Crippen molar-refractivity contribution in [2.75, 3.05) is 6.61 Å². The van der Waals surface area contributed by atoms with Gasteiger partial charge >= 0.3 is 0 Å². The minimum atomic E-state index is -3.06. The molecule has 6 aromatic carbocycles. The molecule has 3 aliphatic heterocycles. The molecule has 8 heteroatoms. The van der Waals surface area contributed by atoms with Crippen molar-refractivity contribution in [2.45, 2.75) is 58.1 Å². The van der Waals surface area contributed by atoms with E-state index in [1.165, 1.54) is 5.56 Å². The molecule has 0 amide bonds. The molecule has 54 heavy (non-hydrogen) atoms. The molecular formula is C46H46O6P2. The molecule has 3 heterocycles. The zero-order chi connectivity index (χ0) is 37.7. The molecule has 4 atom stereocenters. The molecule has 0 aliphatic carbocycles. The zero-order valence-electron chi connectivity index (χ0n) is 30.9. The van der Waals surface area contributed by atoms with E-state index in [9.17, 15) is 14.2 Å². The van der Waals surface area contributed by atoms with E-state index < -0.39 is 14.7 Å². The Bertz CT molecular complexity index is 2310. The maximum atomic E-state index is 13.8. The fourth-order valence-corrected chi connectivity index (χ4v) is 11.4. The van der Waals surface area contributed by atoms with Crippen molar-refractivity contribution in [1.29, 1.82) is 0 Å². The topological polar surface area (TPSA) is 85.4 Å². The fraction of sp³-hybridized carbons (Fsp3) is 0.217. The van der Waals surface area contributed by atoms with E-state index in [-0.39, 0.29) is 6.10 Å². The molecule has 9 rings (SSSR count). The molecule has 6 nitrogen and oxygen atoms in total. The Morgan fingerprint density at radius 3 is 1.39 bits per heavy atom. The number of para-hydroxylation sites is 2. The largest absolute Gasteiger partial charge is 0.439 e. The molecule has 0 radical (unpaired) electrons. The molecule has 4 unspecified atom stereocenters. The molecule has 6 aromatic rings. The van der Waals surface area contributed by atoms with Gasteiger partial charge in [-0.3, -0.25) is 9.13 Å². The van der Waals surface area contributed by atoms with Crippen molar-refractivity contribution < 1.29 is 28.0 Å². The van der Waals surface area contributed by atoms with Crippen LogP contribution in [0, 0.1) is 6.92 Å². The summed E-state index contributed by atoms with van der Waals surface area (Å²) in [4.78, 5) is 0. The van der Waals surface area contributed by atoms with Crippen molar-refractivity contribution in [2.24, 2.45) is 0 Å². The highest BCUT2D eigenvalue weighted by Crippen LogP contribution is 2.57. The number of rotatable bonds is 7. The number of fused-ring (bicyclic) bond motifs is 6. The van der Waals surface area contributed by atoms with E-state index in [4.69, 9.17) is 13.8 Å². The average molecular weight is 757 g/mol. The highest BCUT2D eigenvalue weighted by molar-refractivity contribution is 7.67. The lowest BCUT2D eigenvalue weighted by Crippen LogP contribution is -2.18. The highest BCUT2D eigenvalue weighted by Gasteiger charge is 2.37. The van der Waals surface area contributed by atoms with E-state index in [0.717, 1.165) is 62.6 Å². The first-order valence-electron chi connectivity index (χ1n) is 18.5. The van der Waals surface area contributed by atoms with E-state index in [1.54, 1.807) is 0 Å². The first kappa shape index (κ1) is 37.6. The van der Waals surface area contributed by atoms with E-state index in [1.807, 2.05) is 153 Å².